The van der Waals surface area contributed by atoms with Crippen molar-refractivity contribution in [2.75, 3.05) is 6.79 Å². The number of aromatic nitrogens is 4. The fourth-order valence-corrected chi connectivity index (χ4v) is 4.31. The van der Waals surface area contributed by atoms with E-state index in [9.17, 15) is 9.59 Å². The molecule has 0 spiro atoms. The highest BCUT2D eigenvalue weighted by Crippen LogP contribution is 2.32. The van der Waals surface area contributed by atoms with Crippen LogP contribution in [0.3, 0.4) is 0 Å². The summed E-state index contributed by atoms with van der Waals surface area (Å²) in [6.45, 7) is 6.09. The molecule has 0 aliphatic carbocycles. The average Bonchev–Trinajstić information content (AvgIpc) is 3.46. The maximum atomic E-state index is 13.4. The first kappa shape index (κ1) is 21.7. The Bertz CT molecular complexity index is 1440. The number of hydrogen-bond donors (Lipinski definition) is 1. The molecule has 9 heteroatoms. The van der Waals surface area contributed by atoms with Crippen molar-refractivity contribution in [2.45, 2.75) is 39.8 Å². The lowest BCUT2D eigenvalue weighted by atomic mass is 10.1. The molecule has 1 amide bonds. The Morgan fingerprint density at radius 3 is 2.62 bits per heavy atom. The van der Waals surface area contributed by atoms with Crippen molar-refractivity contribution in [3.8, 4) is 17.2 Å². The first-order valence-electron chi connectivity index (χ1n) is 11.2. The SMILES string of the molecule is CCC(C(=O)NCc1ccc2c(c1)OCO2)n1nc(C)c2c(C)n(-c3ccccc3)nc2c1=O. The molecular formula is C25H25N5O4. The van der Waals surface area contributed by atoms with Gasteiger partial charge in [0.15, 0.2) is 17.0 Å². The van der Waals surface area contributed by atoms with E-state index in [0.29, 0.717) is 41.1 Å². The highest BCUT2D eigenvalue weighted by Gasteiger charge is 2.25. The highest BCUT2D eigenvalue weighted by molar-refractivity contribution is 5.84. The summed E-state index contributed by atoms with van der Waals surface area (Å²) < 4.78 is 13.7. The lowest BCUT2D eigenvalue weighted by Gasteiger charge is -2.17. The minimum absolute atomic E-state index is 0.193. The number of carbonyl (C=O) groups is 1. The summed E-state index contributed by atoms with van der Waals surface area (Å²) in [5.74, 6) is 1.06. The van der Waals surface area contributed by atoms with Crippen LogP contribution < -0.4 is 20.3 Å². The Morgan fingerprint density at radius 1 is 1.09 bits per heavy atom. The van der Waals surface area contributed by atoms with Gasteiger partial charge in [0.05, 0.1) is 22.5 Å². The predicted octanol–water partition coefficient (Wildman–Crippen LogP) is 3.20. The number of ether oxygens (including phenoxy) is 2. The van der Waals surface area contributed by atoms with Crippen LogP contribution in [0.5, 0.6) is 11.5 Å². The number of amides is 1. The molecule has 5 rings (SSSR count). The molecule has 174 valence electrons. The van der Waals surface area contributed by atoms with Gasteiger partial charge in [-0.3, -0.25) is 9.59 Å². The van der Waals surface area contributed by atoms with Gasteiger partial charge in [-0.1, -0.05) is 31.2 Å². The van der Waals surface area contributed by atoms with Gasteiger partial charge in [0, 0.05) is 6.54 Å². The summed E-state index contributed by atoms with van der Waals surface area (Å²) in [6.07, 6.45) is 0.406. The van der Waals surface area contributed by atoms with Gasteiger partial charge in [0.1, 0.15) is 6.04 Å². The number of nitrogens with zero attached hydrogens (tertiary/aromatic N) is 4. The normalized spacial score (nSPS) is 13.3. The number of hydrogen-bond acceptors (Lipinski definition) is 6. The Morgan fingerprint density at radius 2 is 1.85 bits per heavy atom. The first-order valence-corrected chi connectivity index (χ1v) is 11.2. The third-order valence-corrected chi connectivity index (χ3v) is 6.04. The van der Waals surface area contributed by atoms with E-state index in [4.69, 9.17) is 9.47 Å². The van der Waals surface area contributed by atoms with Crippen LogP contribution in [0.4, 0.5) is 0 Å². The monoisotopic (exact) mass is 459 g/mol. The van der Waals surface area contributed by atoms with Crippen LogP contribution in [0.15, 0.2) is 53.3 Å². The molecule has 0 fully saturated rings. The summed E-state index contributed by atoms with van der Waals surface area (Å²) in [4.78, 5) is 26.5. The largest absolute Gasteiger partial charge is 0.454 e. The second-order valence-corrected chi connectivity index (χ2v) is 8.22. The molecule has 0 radical (unpaired) electrons. The van der Waals surface area contributed by atoms with Gasteiger partial charge in [-0.15, -0.1) is 0 Å². The number of benzene rings is 2. The van der Waals surface area contributed by atoms with Crippen LogP contribution in [-0.4, -0.2) is 32.3 Å². The molecule has 9 nitrogen and oxygen atoms in total. The highest BCUT2D eigenvalue weighted by atomic mass is 16.7. The number of rotatable bonds is 6. The Labute approximate surface area is 195 Å². The molecule has 3 heterocycles. The van der Waals surface area contributed by atoms with E-state index < -0.39 is 6.04 Å². The molecule has 2 aromatic carbocycles. The van der Waals surface area contributed by atoms with Crippen molar-refractivity contribution in [3.63, 3.8) is 0 Å². The summed E-state index contributed by atoms with van der Waals surface area (Å²) >= 11 is 0. The van der Waals surface area contributed by atoms with Gasteiger partial charge < -0.3 is 14.8 Å². The lowest BCUT2D eigenvalue weighted by molar-refractivity contribution is -0.125. The molecule has 1 aliphatic heterocycles. The minimum atomic E-state index is -0.758. The summed E-state index contributed by atoms with van der Waals surface area (Å²) in [7, 11) is 0. The van der Waals surface area contributed by atoms with E-state index in [0.717, 1.165) is 16.9 Å². The zero-order chi connectivity index (χ0) is 23.8. The molecule has 2 aromatic heterocycles. The Balaban J connectivity index is 1.45. The Hall–Kier alpha value is -4.14. The van der Waals surface area contributed by atoms with Crippen LogP contribution in [0, 0.1) is 13.8 Å². The third-order valence-electron chi connectivity index (χ3n) is 6.04. The number of aryl methyl sites for hydroxylation is 2. The molecule has 4 aromatic rings. The van der Waals surface area contributed by atoms with E-state index in [1.165, 1.54) is 4.68 Å². The summed E-state index contributed by atoms with van der Waals surface area (Å²) in [6, 6.07) is 14.4. The molecule has 34 heavy (non-hydrogen) atoms. The van der Waals surface area contributed by atoms with Gasteiger partial charge in [-0.05, 0) is 50.1 Å². The average molecular weight is 460 g/mol. The van der Waals surface area contributed by atoms with Crippen LogP contribution in [0.1, 0.15) is 36.3 Å². The third kappa shape index (κ3) is 3.68. The van der Waals surface area contributed by atoms with Gasteiger partial charge in [0.2, 0.25) is 12.7 Å². The second-order valence-electron chi connectivity index (χ2n) is 8.22. The van der Waals surface area contributed by atoms with Gasteiger partial charge in [-0.25, -0.2) is 9.36 Å². The molecular weight excluding hydrogens is 434 g/mol. The maximum absolute atomic E-state index is 13.4. The van der Waals surface area contributed by atoms with E-state index in [2.05, 4.69) is 15.5 Å². The van der Waals surface area contributed by atoms with E-state index >= 15 is 0 Å². The van der Waals surface area contributed by atoms with Crippen molar-refractivity contribution in [2.24, 2.45) is 0 Å². The number of nitrogens with one attached hydrogen (secondary N) is 1. The van der Waals surface area contributed by atoms with E-state index in [-0.39, 0.29) is 18.3 Å². The quantitative estimate of drug-likeness (QED) is 0.475. The lowest BCUT2D eigenvalue weighted by Crippen LogP contribution is -2.38. The van der Waals surface area contributed by atoms with Crippen molar-refractivity contribution >= 4 is 16.8 Å². The second kappa shape index (κ2) is 8.66. The topological polar surface area (TPSA) is 100 Å². The first-order chi connectivity index (χ1) is 16.5. The molecule has 1 unspecified atom stereocenters. The molecule has 0 bridgehead atoms. The van der Waals surface area contributed by atoms with Crippen LogP contribution >= 0.6 is 0 Å². The predicted molar refractivity (Wildman–Crippen MR) is 126 cm³/mol. The van der Waals surface area contributed by atoms with Crippen LogP contribution in [-0.2, 0) is 11.3 Å². The standard InChI is InChI=1S/C25H25N5O4/c1-4-19(24(31)26-13-17-10-11-20-21(12-17)34-14-33-20)30-25(32)23-22(15(2)27-30)16(3)29(28-23)18-8-6-5-7-9-18/h5-12,19H,4,13-14H2,1-3H3,(H,26,31). The van der Waals surface area contributed by atoms with Crippen LogP contribution in [0.25, 0.3) is 16.6 Å². The fourth-order valence-electron chi connectivity index (χ4n) is 4.31. The van der Waals surface area contributed by atoms with Gasteiger partial charge >= 0.3 is 0 Å². The van der Waals surface area contributed by atoms with E-state index in [1.807, 2.05) is 69.3 Å². The molecule has 1 N–H and O–H groups in total. The molecule has 1 aliphatic rings. The van der Waals surface area contributed by atoms with Crippen LogP contribution in [0.2, 0.25) is 0 Å². The fraction of sp³-hybridized carbons (Fsp3) is 0.280. The van der Waals surface area contributed by atoms with E-state index in [1.54, 1.807) is 4.68 Å². The molecule has 0 saturated carbocycles. The molecule has 1 atom stereocenters. The minimum Gasteiger partial charge on any atom is -0.454 e. The Kier molecular flexibility index (Phi) is 5.53. The zero-order valence-electron chi connectivity index (χ0n) is 19.2. The zero-order valence-corrected chi connectivity index (χ0v) is 19.2. The van der Waals surface area contributed by atoms with Crippen molar-refractivity contribution < 1.29 is 14.3 Å². The van der Waals surface area contributed by atoms with Gasteiger partial charge in [-0.2, -0.15) is 10.2 Å². The number of para-hydroxylation sites is 1. The maximum Gasteiger partial charge on any atom is 0.295 e. The number of fused-ring (bicyclic) bond motifs is 2. The van der Waals surface area contributed by atoms with Gasteiger partial charge in [0.25, 0.3) is 5.56 Å². The number of carbonyl (C=O) groups excluding carboxylic acids is 1. The van der Waals surface area contributed by atoms with Crippen molar-refractivity contribution in [1.82, 2.24) is 24.9 Å². The van der Waals surface area contributed by atoms with Crippen molar-refractivity contribution in [3.05, 3.63) is 75.8 Å². The molecule has 0 saturated heterocycles. The summed E-state index contributed by atoms with van der Waals surface area (Å²) in [5.41, 5.74) is 3.12. The smallest absolute Gasteiger partial charge is 0.295 e. The van der Waals surface area contributed by atoms with Crippen molar-refractivity contribution in [1.29, 1.82) is 0 Å². The summed E-state index contributed by atoms with van der Waals surface area (Å²) in [5, 5.41) is 12.7.